The van der Waals surface area contributed by atoms with Crippen molar-refractivity contribution < 1.29 is 9.53 Å². The molecule has 1 heterocycles. The van der Waals surface area contributed by atoms with Gasteiger partial charge >= 0.3 is 0 Å². The van der Waals surface area contributed by atoms with Gasteiger partial charge in [-0.05, 0) is 63.5 Å². The van der Waals surface area contributed by atoms with Crippen molar-refractivity contribution in [3.05, 3.63) is 46.7 Å². The van der Waals surface area contributed by atoms with Gasteiger partial charge in [0.05, 0.1) is 5.02 Å². The minimum atomic E-state index is -0.160. The highest BCUT2D eigenvalue weighted by Gasteiger charge is 2.16. The number of hydrogen-bond acceptors (Lipinski definition) is 4. The first-order chi connectivity index (χ1) is 15.4. The number of aromatic nitrogens is 2. The molecule has 2 rings (SSSR count). The highest BCUT2D eigenvalue weighted by atomic mass is 35.5. The van der Waals surface area contributed by atoms with E-state index in [-0.39, 0.29) is 18.7 Å². The molecule has 1 atom stereocenters. The summed E-state index contributed by atoms with van der Waals surface area (Å²) in [5.74, 6) is 0.444. The molecule has 0 bridgehead atoms. The predicted octanol–water partition coefficient (Wildman–Crippen LogP) is 5.68. The third-order valence-corrected chi connectivity index (χ3v) is 5.69. The van der Waals surface area contributed by atoms with Gasteiger partial charge in [-0.3, -0.25) is 4.79 Å². The summed E-state index contributed by atoms with van der Waals surface area (Å²) in [6, 6.07) is 7.39. The molecule has 178 valence electrons. The summed E-state index contributed by atoms with van der Waals surface area (Å²) in [5, 5.41) is 8.00. The van der Waals surface area contributed by atoms with Gasteiger partial charge in [-0.2, -0.15) is 5.10 Å². The van der Waals surface area contributed by atoms with Gasteiger partial charge in [-0.15, -0.1) is 0 Å². The summed E-state index contributed by atoms with van der Waals surface area (Å²) in [6.45, 7) is 11.7. The van der Waals surface area contributed by atoms with E-state index in [9.17, 15) is 4.79 Å². The van der Waals surface area contributed by atoms with Gasteiger partial charge in [-0.1, -0.05) is 57.2 Å². The number of aryl methyl sites for hydroxylation is 1. The van der Waals surface area contributed by atoms with E-state index in [1.54, 1.807) is 16.9 Å². The maximum absolute atomic E-state index is 12.7. The Hall–Kier alpha value is -2.05. The lowest BCUT2D eigenvalue weighted by molar-refractivity contribution is 0.0921. The zero-order valence-corrected chi connectivity index (χ0v) is 20.8. The van der Waals surface area contributed by atoms with Gasteiger partial charge in [0.2, 0.25) is 0 Å². The molecule has 7 heteroatoms. The summed E-state index contributed by atoms with van der Waals surface area (Å²) in [7, 11) is 0. The lowest BCUT2D eigenvalue weighted by Crippen LogP contribution is -2.42. The molecule has 1 amide bonds. The SMILES string of the molecule is CCCCCN(CCCCC)CC(C)NC(=O)c1ccn(COc2cc(C)ccc2Cl)n1. The van der Waals surface area contributed by atoms with Crippen LogP contribution in [0.2, 0.25) is 5.02 Å². The molecule has 6 nitrogen and oxygen atoms in total. The van der Waals surface area contributed by atoms with Crippen molar-refractivity contribution in [3.63, 3.8) is 0 Å². The molecule has 0 fully saturated rings. The topological polar surface area (TPSA) is 59.4 Å². The molecule has 0 aliphatic carbocycles. The van der Waals surface area contributed by atoms with Crippen LogP contribution in [0.5, 0.6) is 5.75 Å². The molecule has 0 saturated carbocycles. The summed E-state index contributed by atoms with van der Waals surface area (Å²) >= 11 is 6.17. The number of nitrogens with one attached hydrogen (secondary N) is 1. The number of halogens is 1. The second kappa shape index (κ2) is 14.2. The summed E-state index contributed by atoms with van der Waals surface area (Å²) in [4.78, 5) is 15.2. The number of rotatable bonds is 15. The van der Waals surface area contributed by atoms with Crippen molar-refractivity contribution in [1.82, 2.24) is 20.0 Å². The Morgan fingerprint density at radius 3 is 2.50 bits per heavy atom. The van der Waals surface area contributed by atoms with E-state index in [0.29, 0.717) is 16.5 Å². The van der Waals surface area contributed by atoms with Crippen molar-refractivity contribution >= 4 is 17.5 Å². The molecular weight excluding hydrogens is 424 g/mol. The monoisotopic (exact) mass is 462 g/mol. The molecule has 1 unspecified atom stereocenters. The summed E-state index contributed by atoms with van der Waals surface area (Å²) < 4.78 is 7.35. The Bertz CT molecular complexity index is 814. The first-order valence-corrected chi connectivity index (χ1v) is 12.3. The summed E-state index contributed by atoms with van der Waals surface area (Å²) in [5.41, 5.74) is 1.46. The standard InChI is InChI=1S/C25H39ClN4O2/c1-5-7-9-14-29(15-10-8-6-2)18-21(4)27-25(31)23-13-16-30(28-23)19-32-24-17-20(3)11-12-22(24)26/h11-13,16-17,21H,5-10,14-15,18-19H2,1-4H3,(H,27,31). The normalized spacial score (nSPS) is 12.2. The van der Waals surface area contributed by atoms with Crippen LogP contribution in [0.25, 0.3) is 0 Å². The Morgan fingerprint density at radius 1 is 1.16 bits per heavy atom. The van der Waals surface area contributed by atoms with Gasteiger partial charge < -0.3 is 15.0 Å². The van der Waals surface area contributed by atoms with Crippen LogP contribution < -0.4 is 10.1 Å². The van der Waals surface area contributed by atoms with Gasteiger partial charge in [-0.25, -0.2) is 4.68 Å². The lowest BCUT2D eigenvalue weighted by atomic mass is 10.2. The van der Waals surface area contributed by atoms with Crippen LogP contribution in [0.3, 0.4) is 0 Å². The lowest BCUT2D eigenvalue weighted by Gasteiger charge is -2.26. The zero-order chi connectivity index (χ0) is 23.3. The molecule has 32 heavy (non-hydrogen) atoms. The minimum absolute atomic E-state index is 0.0539. The van der Waals surface area contributed by atoms with Gasteiger partial charge in [0.25, 0.3) is 5.91 Å². The number of unbranched alkanes of at least 4 members (excludes halogenated alkanes) is 4. The largest absolute Gasteiger partial charge is 0.470 e. The molecule has 0 spiro atoms. The van der Waals surface area contributed by atoms with Gasteiger partial charge in [0.1, 0.15) is 11.4 Å². The van der Waals surface area contributed by atoms with Gasteiger partial charge in [0, 0.05) is 18.8 Å². The van der Waals surface area contributed by atoms with Crippen LogP contribution >= 0.6 is 11.6 Å². The number of benzene rings is 1. The molecule has 1 N–H and O–H groups in total. The number of ether oxygens (including phenoxy) is 1. The van der Waals surface area contributed by atoms with E-state index in [2.05, 4.69) is 36.1 Å². The van der Waals surface area contributed by atoms with E-state index >= 15 is 0 Å². The van der Waals surface area contributed by atoms with Crippen molar-refractivity contribution in [2.75, 3.05) is 19.6 Å². The first-order valence-electron chi connectivity index (χ1n) is 11.9. The Kier molecular flexibility index (Phi) is 11.6. The molecule has 1 aromatic carbocycles. The average molecular weight is 463 g/mol. The molecule has 0 saturated heterocycles. The van der Waals surface area contributed by atoms with Crippen LogP contribution in [-0.4, -0.2) is 46.3 Å². The fourth-order valence-corrected chi connectivity index (χ4v) is 3.78. The number of carbonyl (C=O) groups excluding carboxylic acids is 1. The third kappa shape index (κ3) is 9.21. The fraction of sp³-hybridized carbons (Fsp3) is 0.600. The maximum Gasteiger partial charge on any atom is 0.272 e. The number of carbonyl (C=O) groups is 1. The fourth-order valence-electron chi connectivity index (χ4n) is 3.61. The van der Waals surface area contributed by atoms with E-state index in [1.165, 1.54) is 38.5 Å². The zero-order valence-electron chi connectivity index (χ0n) is 20.1. The minimum Gasteiger partial charge on any atom is -0.470 e. The molecule has 1 aromatic heterocycles. The molecular formula is C25H39ClN4O2. The van der Waals surface area contributed by atoms with Crippen molar-refractivity contribution in [2.45, 2.75) is 79.0 Å². The number of amides is 1. The quantitative estimate of drug-likeness (QED) is 0.346. The van der Waals surface area contributed by atoms with Crippen LogP contribution in [0.15, 0.2) is 30.5 Å². The van der Waals surface area contributed by atoms with Crippen LogP contribution in [0.1, 0.15) is 75.3 Å². The second-order valence-electron chi connectivity index (χ2n) is 8.54. The second-order valence-corrected chi connectivity index (χ2v) is 8.94. The summed E-state index contributed by atoms with van der Waals surface area (Å²) in [6.07, 6.45) is 9.09. The predicted molar refractivity (Wildman–Crippen MR) is 131 cm³/mol. The van der Waals surface area contributed by atoms with E-state index < -0.39 is 0 Å². The van der Waals surface area contributed by atoms with Crippen LogP contribution in [0, 0.1) is 6.92 Å². The molecule has 2 aromatic rings. The van der Waals surface area contributed by atoms with E-state index in [1.807, 2.05) is 25.1 Å². The smallest absolute Gasteiger partial charge is 0.272 e. The number of hydrogen-bond donors (Lipinski definition) is 1. The Morgan fingerprint density at radius 2 is 1.84 bits per heavy atom. The Balaban J connectivity index is 1.85. The maximum atomic E-state index is 12.7. The highest BCUT2D eigenvalue weighted by Crippen LogP contribution is 2.25. The molecule has 0 aliphatic heterocycles. The highest BCUT2D eigenvalue weighted by molar-refractivity contribution is 6.32. The molecule has 0 radical (unpaired) electrons. The van der Waals surface area contributed by atoms with E-state index in [0.717, 1.165) is 25.2 Å². The van der Waals surface area contributed by atoms with Crippen LogP contribution in [-0.2, 0) is 6.73 Å². The molecule has 0 aliphatic rings. The van der Waals surface area contributed by atoms with E-state index in [4.69, 9.17) is 16.3 Å². The average Bonchev–Trinajstić information content (AvgIpc) is 3.24. The van der Waals surface area contributed by atoms with Crippen LogP contribution in [0.4, 0.5) is 0 Å². The Labute approximate surface area is 198 Å². The van der Waals surface area contributed by atoms with Gasteiger partial charge in [0.15, 0.2) is 6.73 Å². The van der Waals surface area contributed by atoms with Crippen molar-refractivity contribution in [3.8, 4) is 5.75 Å². The van der Waals surface area contributed by atoms with Crippen molar-refractivity contribution in [1.29, 1.82) is 0 Å². The number of nitrogens with zero attached hydrogens (tertiary/aromatic N) is 3. The third-order valence-electron chi connectivity index (χ3n) is 5.38. The van der Waals surface area contributed by atoms with Crippen molar-refractivity contribution in [2.24, 2.45) is 0 Å². The first kappa shape index (κ1) is 26.2.